The first-order valence-electron chi connectivity index (χ1n) is 3.99. The van der Waals surface area contributed by atoms with Crippen LogP contribution in [0.2, 0.25) is 5.02 Å². The number of ether oxygens (including phenoxy) is 1. The third kappa shape index (κ3) is 3.49. The molecule has 0 heterocycles. The first-order chi connectivity index (χ1) is 6.72. The number of carbonyl (C=O) groups is 1. The molecule has 0 saturated carbocycles. The van der Waals surface area contributed by atoms with E-state index in [0.29, 0.717) is 5.02 Å². The number of hydrogen-bond donors (Lipinski definition) is 1. The average Bonchev–Trinajstić information content (AvgIpc) is 2.17. The van der Waals surface area contributed by atoms with Crippen molar-refractivity contribution in [1.82, 2.24) is 0 Å². The minimum Gasteiger partial charge on any atom is -0.466 e. The molecule has 74 valence electrons. The summed E-state index contributed by atoms with van der Waals surface area (Å²) in [4.78, 5) is 10.7. The van der Waals surface area contributed by atoms with Gasteiger partial charge in [-0.2, -0.15) is 0 Å². The van der Waals surface area contributed by atoms with Gasteiger partial charge in [0.15, 0.2) is 0 Å². The molecule has 3 nitrogen and oxygen atoms in total. The van der Waals surface area contributed by atoms with Gasteiger partial charge >= 0.3 is 5.97 Å². The van der Waals surface area contributed by atoms with Crippen molar-refractivity contribution < 1.29 is 9.53 Å². The van der Waals surface area contributed by atoms with Crippen LogP contribution in [-0.2, 0) is 9.53 Å². The molecular formula is C10H10ClNO2. The van der Waals surface area contributed by atoms with Crippen molar-refractivity contribution in [3.8, 4) is 0 Å². The van der Waals surface area contributed by atoms with E-state index in [9.17, 15) is 4.79 Å². The first kappa shape index (κ1) is 10.6. The molecule has 1 rings (SSSR count). The van der Waals surface area contributed by atoms with Gasteiger partial charge in [0, 0.05) is 23.0 Å². The van der Waals surface area contributed by atoms with Gasteiger partial charge in [-0.25, -0.2) is 4.79 Å². The van der Waals surface area contributed by atoms with E-state index in [4.69, 9.17) is 11.6 Å². The average molecular weight is 212 g/mol. The Morgan fingerprint density at radius 1 is 1.57 bits per heavy atom. The van der Waals surface area contributed by atoms with E-state index in [-0.39, 0.29) is 0 Å². The summed E-state index contributed by atoms with van der Waals surface area (Å²) in [5, 5.41) is 3.53. The number of rotatable bonds is 3. The van der Waals surface area contributed by atoms with E-state index in [1.165, 1.54) is 19.4 Å². The van der Waals surface area contributed by atoms with Crippen LogP contribution >= 0.6 is 11.6 Å². The van der Waals surface area contributed by atoms with E-state index in [0.717, 1.165) is 5.69 Å². The zero-order chi connectivity index (χ0) is 10.4. The number of halogens is 1. The molecule has 0 atom stereocenters. The summed E-state index contributed by atoms with van der Waals surface area (Å²) < 4.78 is 4.42. The lowest BCUT2D eigenvalue weighted by atomic mass is 10.3. The topological polar surface area (TPSA) is 38.3 Å². The van der Waals surface area contributed by atoms with Gasteiger partial charge in [-0.05, 0) is 18.2 Å². The Bertz CT molecular complexity index is 350. The minimum atomic E-state index is -0.403. The van der Waals surface area contributed by atoms with Crippen LogP contribution in [0.25, 0.3) is 0 Å². The van der Waals surface area contributed by atoms with Crippen LogP contribution in [0.15, 0.2) is 36.5 Å². The molecule has 0 aliphatic carbocycles. The summed E-state index contributed by atoms with van der Waals surface area (Å²) in [6.07, 6.45) is 2.79. The highest BCUT2D eigenvalue weighted by atomic mass is 35.5. The fourth-order valence-corrected chi connectivity index (χ4v) is 1.04. The van der Waals surface area contributed by atoms with Gasteiger partial charge in [0.1, 0.15) is 0 Å². The summed E-state index contributed by atoms with van der Waals surface area (Å²) in [6, 6.07) is 7.18. The summed E-state index contributed by atoms with van der Waals surface area (Å²) in [5.74, 6) is -0.403. The summed E-state index contributed by atoms with van der Waals surface area (Å²) in [5.41, 5.74) is 0.817. The monoisotopic (exact) mass is 211 g/mol. The molecule has 0 fully saturated rings. The van der Waals surface area contributed by atoms with Gasteiger partial charge in [-0.3, -0.25) is 0 Å². The van der Waals surface area contributed by atoms with E-state index < -0.39 is 5.97 Å². The Labute approximate surface area is 87.3 Å². The van der Waals surface area contributed by atoms with Gasteiger partial charge in [0.05, 0.1) is 7.11 Å². The fraction of sp³-hybridized carbons (Fsp3) is 0.100. The van der Waals surface area contributed by atoms with Crippen molar-refractivity contribution in [1.29, 1.82) is 0 Å². The zero-order valence-electron chi connectivity index (χ0n) is 7.66. The molecule has 1 aromatic carbocycles. The predicted octanol–water partition coefficient (Wildman–Crippen LogP) is 2.44. The molecule has 1 aromatic rings. The molecule has 0 saturated heterocycles. The Hall–Kier alpha value is -1.48. The standard InChI is InChI=1S/C10H10ClNO2/c1-14-10(13)5-6-12-9-4-2-3-8(11)7-9/h2-7,12H,1H3/b6-5+. The van der Waals surface area contributed by atoms with Crippen molar-refractivity contribution >= 4 is 23.3 Å². The van der Waals surface area contributed by atoms with Crippen molar-refractivity contribution in [3.05, 3.63) is 41.6 Å². The van der Waals surface area contributed by atoms with Gasteiger partial charge in [-0.15, -0.1) is 0 Å². The Morgan fingerprint density at radius 3 is 3.00 bits per heavy atom. The van der Waals surface area contributed by atoms with Gasteiger partial charge in [0.25, 0.3) is 0 Å². The number of hydrogen-bond acceptors (Lipinski definition) is 3. The zero-order valence-corrected chi connectivity index (χ0v) is 8.41. The number of carbonyl (C=O) groups excluding carboxylic acids is 1. The van der Waals surface area contributed by atoms with E-state index >= 15 is 0 Å². The van der Waals surface area contributed by atoms with Crippen LogP contribution in [0.5, 0.6) is 0 Å². The molecule has 0 unspecified atom stereocenters. The second-order valence-corrected chi connectivity index (χ2v) is 2.95. The lowest BCUT2D eigenvalue weighted by Gasteiger charge is -1.99. The van der Waals surface area contributed by atoms with E-state index in [2.05, 4.69) is 10.1 Å². The molecule has 0 amide bonds. The molecule has 1 N–H and O–H groups in total. The molecule has 4 heteroatoms. The van der Waals surface area contributed by atoms with Crippen LogP contribution < -0.4 is 5.32 Å². The van der Waals surface area contributed by atoms with Gasteiger partial charge in [0.2, 0.25) is 0 Å². The molecule has 0 bridgehead atoms. The maximum Gasteiger partial charge on any atom is 0.331 e. The quantitative estimate of drug-likeness (QED) is 0.617. The normalized spacial score (nSPS) is 10.1. The Kier molecular flexibility index (Phi) is 4.01. The third-order valence-electron chi connectivity index (χ3n) is 1.50. The number of benzene rings is 1. The highest BCUT2D eigenvalue weighted by Gasteiger charge is 1.91. The summed E-state index contributed by atoms with van der Waals surface area (Å²) >= 11 is 5.76. The van der Waals surface area contributed by atoms with E-state index in [1.54, 1.807) is 12.1 Å². The number of anilines is 1. The van der Waals surface area contributed by atoms with E-state index in [1.807, 2.05) is 12.1 Å². The SMILES string of the molecule is COC(=O)/C=C/Nc1cccc(Cl)c1. The second-order valence-electron chi connectivity index (χ2n) is 2.51. The van der Waals surface area contributed by atoms with Crippen LogP contribution in [-0.4, -0.2) is 13.1 Å². The molecule has 0 aromatic heterocycles. The van der Waals surface area contributed by atoms with Crippen molar-refractivity contribution in [2.24, 2.45) is 0 Å². The van der Waals surface area contributed by atoms with Crippen molar-refractivity contribution in [2.45, 2.75) is 0 Å². The lowest BCUT2D eigenvalue weighted by molar-refractivity contribution is -0.134. The highest BCUT2D eigenvalue weighted by Crippen LogP contribution is 2.14. The van der Waals surface area contributed by atoms with Crippen LogP contribution in [0.1, 0.15) is 0 Å². The largest absolute Gasteiger partial charge is 0.466 e. The number of esters is 1. The molecular weight excluding hydrogens is 202 g/mol. The van der Waals surface area contributed by atoms with Crippen LogP contribution in [0.4, 0.5) is 5.69 Å². The first-order valence-corrected chi connectivity index (χ1v) is 4.37. The molecule has 14 heavy (non-hydrogen) atoms. The Morgan fingerprint density at radius 2 is 2.36 bits per heavy atom. The highest BCUT2D eigenvalue weighted by molar-refractivity contribution is 6.30. The molecule has 0 aliphatic rings. The van der Waals surface area contributed by atoms with Gasteiger partial charge < -0.3 is 10.1 Å². The van der Waals surface area contributed by atoms with Crippen molar-refractivity contribution in [3.63, 3.8) is 0 Å². The molecule has 0 spiro atoms. The smallest absolute Gasteiger partial charge is 0.331 e. The summed E-state index contributed by atoms with van der Waals surface area (Å²) in [7, 11) is 1.33. The lowest BCUT2D eigenvalue weighted by Crippen LogP contribution is -1.96. The maximum atomic E-state index is 10.7. The fourth-order valence-electron chi connectivity index (χ4n) is 0.852. The maximum absolute atomic E-state index is 10.7. The van der Waals surface area contributed by atoms with Crippen molar-refractivity contribution in [2.75, 3.05) is 12.4 Å². The second kappa shape index (κ2) is 5.29. The summed E-state index contributed by atoms with van der Waals surface area (Å²) in [6.45, 7) is 0. The van der Waals surface area contributed by atoms with Gasteiger partial charge in [-0.1, -0.05) is 17.7 Å². The Balaban J connectivity index is 2.53. The third-order valence-corrected chi connectivity index (χ3v) is 1.73. The minimum absolute atomic E-state index is 0.403. The van der Waals surface area contributed by atoms with Crippen LogP contribution in [0.3, 0.4) is 0 Å². The number of nitrogens with one attached hydrogen (secondary N) is 1. The predicted molar refractivity (Wildman–Crippen MR) is 56.2 cm³/mol. The van der Waals surface area contributed by atoms with Crippen LogP contribution in [0, 0.1) is 0 Å². The number of methoxy groups -OCH3 is 1. The molecule has 0 aliphatic heterocycles. The molecule has 0 radical (unpaired) electrons.